The summed E-state index contributed by atoms with van der Waals surface area (Å²) in [6.07, 6.45) is 8.67. The maximum absolute atomic E-state index is 13.5. The lowest BCUT2D eigenvalue weighted by Crippen LogP contribution is -2.56. The van der Waals surface area contributed by atoms with E-state index < -0.39 is 5.41 Å². The molecule has 39 heavy (non-hydrogen) atoms. The highest BCUT2D eigenvalue weighted by molar-refractivity contribution is 5.92. The summed E-state index contributed by atoms with van der Waals surface area (Å²) in [7, 11) is 1.72. The Morgan fingerprint density at radius 2 is 1.92 bits per heavy atom. The fourth-order valence-corrected chi connectivity index (χ4v) is 6.18. The number of carbonyl (C=O) groups excluding carboxylic acids is 1. The number of hydrogen-bond acceptors (Lipinski definition) is 7. The topological polar surface area (TPSA) is 122 Å². The minimum absolute atomic E-state index is 0.0809. The smallest absolute Gasteiger partial charge is 0.231 e. The molecule has 0 atom stereocenters. The fourth-order valence-electron chi connectivity index (χ4n) is 6.18. The number of nitrogens with zero attached hydrogens (tertiary/aromatic N) is 5. The highest BCUT2D eigenvalue weighted by atomic mass is 16.5. The van der Waals surface area contributed by atoms with Gasteiger partial charge in [0.1, 0.15) is 11.8 Å². The van der Waals surface area contributed by atoms with Crippen LogP contribution in [0.4, 0.5) is 5.82 Å². The van der Waals surface area contributed by atoms with Gasteiger partial charge < -0.3 is 20.5 Å². The van der Waals surface area contributed by atoms with Crippen molar-refractivity contribution < 1.29 is 14.3 Å². The van der Waals surface area contributed by atoms with Gasteiger partial charge in [-0.2, -0.15) is 10.2 Å². The van der Waals surface area contributed by atoms with Crippen LogP contribution in [0.5, 0.6) is 0 Å². The number of nitrogen functional groups attached to an aromatic ring is 1. The molecule has 0 unspecified atom stereocenters. The van der Waals surface area contributed by atoms with E-state index in [4.69, 9.17) is 15.2 Å². The van der Waals surface area contributed by atoms with Crippen molar-refractivity contribution in [2.75, 3.05) is 26.1 Å². The molecule has 3 aliphatic rings. The molecule has 10 heteroatoms. The van der Waals surface area contributed by atoms with Gasteiger partial charge in [-0.3, -0.25) is 9.48 Å². The number of benzene rings is 1. The summed E-state index contributed by atoms with van der Waals surface area (Å²) in [5.74, 6) is 0.507. The van der Waals surface area contributed by atoms with Crippen molar-refractivity contribution in [2.45, 2.75) is 62.1 Å². The van der Waals surface area contributed by atoms with Crippen molar-refractivity contribution in [1.29, 1.82) is 0 Å². The SMILES string of the molecule is COC1CC(C(=O)NC2CC2)(c2cccc(-c3cc(-c4ccnn4C4CCOCC4)c4c(N)ncnn34)c2)C1. The van der Waals surface area contributed by atoms with Gasteiger partial charge in [0, 0.05) is 43.7 Å². The molecular formula is C29H33N7O3. The first kappa shape index (κ1) is 24.3. The van der Waals surface area contributed by atoms with Gasteiger partial charge in [0.05, 0.1) is 28.9 Å². The average molecular weight is 528 g/mol. The van der Waals surface area contributed by atoms with Crippen LogP contribution in [0.2, 0.25) is 0 Å². The number of fused-ring (bicyclic) bond motifs is 1. The van der Waals surface area contributed by atoms with E-state index in [2.05, 4.69) is 49.4 Å². The Bertz CT molecular complexity index is 1530. The first-order valence-corrected chi connectivity index (χ1v) is 13.8. The second-order valence-electron chi connectivity index (χ2n) is 11.0. The van der Waals surface area contributed by atoms with Crippen LogP contribution in [0.1, 0.15) is 50.1 Å². The summed E-state index contributed by atoms with van der Waals surface area (Å²) in [5.41, 5.74) is 11.4. The predicted molar refractivity (Wildman–Crippen MR) is 146 cm³/mol. The number of nitrogens with one attached hydrogen (secondary N) is 1. The summed E-state index contributed by atoms with van der Waals surface area (Å²) < 4.78 is 15.1. The minimum Gasteiger partial charge on any atom is -0.382 e. The Kier molecular flexibility index (Phi) is 5.89. The molecule has 1 amide bonds. The number of methoxy groups -OCH3 is 1. The predicted octanol–water partition coefficient (Wildman–Crippen LogP) is 3.52. The van der Waals surface area contributed by atoms with E-state index in [1.54, 1.807) is 7.11 Å². The fraction of sp³-hybridized carbons (Fsp3) is 0.448. The largest absolute Gasteiger partial charge is 0.382 e. The lowest BCUT2D eigenvalue weighted by molar-refractivity contribution is -0.136. The van der Waals surface area contributed by atoms with Crippen molar-refractivity contribution in [1.82, 2.24) is 29.7 Å². The van der Waals surface area contributed by atoms with Gasteiger partial charge in [0.25, 0.3) is 0 Å². The minimum atomic E-state index is -0.592. The van der Waals surface area contributed by atoms with E-state index in [9.17, 15) is 4.79 Å². The monoisotopic (exact) mass is 527 g/mol. The van der Waals surface area contributed by atoms with Gasteiger partial charge in [-0.25, -0.2) is 9.50 Å². The molecule has 2 aliphatic carbocycles. The molecule has 4 aromatic rings. The summed E-state index contributed by atoms with van der Waals surface area (Å²) in [4.78, 5) is 17.8. The van der Waals surface area contributed by atoms with Crippen LogP contribution in [0.15, 0.2) is 48.9 Å². The van der Waals surface area contributed by atoms with Gasteiger partial charge in [0.2, 0.25) is 5.91 Å². The van der Waals surface area contributed by atoms with Crippen molar-refractivity contribution in [3.05, 3.63) is 54.5 Å². The Morgan fingerprint density at radius 1 is 1.10 bits per heavy atom. The third-order valence-electron chi connectivity index (χ3n) is 8.61. The van der Waals surface area contributed by atoms with Gasteiger partial charge in [-0.05, 0) is 62.3 Å². The zero-order valence-corrected chi connectivity index (χ0v) is 22.0. The molecule has 3 aromatic heterocycles. The number of aromatic nitrogens is 5. The molecule has 4 heterocycles. The first-order chi connectivity index (χ1) is 19.1. The maximum atomic E-state index is 13.5. The Balaban J connectivity index is 1.32. The molecule has 1 saturated heterocycles. The number of amides is 1. The van der Waals surface area contributed by atoms with Crippen molar-refractivity contribution in [3.8, 4) is 22.5 Å². The van der Waals surface area contributed by atoms with E-state index in [1.165, 1.54) is 6.33 Å². The van der Waals surface area contributed by atoms with Crippen LogP contribution in [0.25, 0.3) is 28.0 Å². The Hall–Kier alpha value is -3.76. The van der Waals surface area contributed by atoms with Gasteiger partial charge in [-0.15, -0.1) is 0 Å². The summed E-state index contributed by atoms with van der Waals surface area (Å²) in [6.45, 7) is 1.45. The molecule has 10 nitrogen and oxygen atoms in total. The molecule has 2 saturated carbocycles. The summed E-state index contributed by atoms with van der Waals surface area (Å²) in [6, 6.07) is 13.0. The van der Waals surface area contributed by atoms with Crippen molar-refractivity contribution >= 4 is 17.2 Å². The molecule has 1 aliphatic heterocycles. The van der Waals surface area contributed by atoms with E-state index >= 15 is 0 Å². The standard InChI is InChI=1S/C29H33N7O3/c1-38-22-15-29(16-22,28(37)34-20-5-6-20)19-4-2-3-18(13-19)25-14-23(26-27(30)31-17-33-36(25)26)24-7-10-32-35(24)21-8-11-39-12-9-21/h2-4,7,10,13-14,17,20-22H,5-6,8-9,11-12,15-16H2,1H3,(H,34,37)(H2,30,31,33). The quantitative estimate of drug-likeness (QED) is 0.377. The lowest BCUT2D eigenvalue weighted by atomic mass is 9.61. The second kappa shape index (κ2) is 9.46. The van der Waals surface area contributed by atoms with Gasteiger partial charge >= 0.3 is 0 Å². The van der Waals surface area contributed by atoms with Crippen molar-refractivity contribution in [3.63, 3.8) is 0 Å². The van der Waals surface area contributed by atoms with E-state index in [-0.39, 0.29) is 18.1 Å². The molecule has 7 rings (SSSR count). The highest BCUT2D eigenvalue weighted by Crippen LogP contribution is 2.47. The number of hydrogen-bond donors (Lipinski definition) is 2. The third-order valence-corrected chi connectivity index (χ3v) is 8.61. The molecule has 0 radical (unpaired) electrons. The normalized spacial score (nSPS) is 23.6. The van der Waals surface area contributed by atoms with Crippen LogP contribution >= 0.6 is 0 Å². The lowest BCUT2D eigenvalue weighted by Gasteiger charge is -2.46. The molecule has 0 bridgehead atoms. The van der Waals surface area contributed by atoms with Gasteiger partial charge in [-0.1, -0.05) is 18.2 Å². The van der Waals surface area contributed by atoms with E-state index in [1.807, 2.05) is 22.8 Å². The van der Waals surface area contributed by atoms with Crippen LogP contribution in [-0.2, 0) is 19.7 Å². The number of carbonyl (C=O) groups is 1. The highest BCUT2D eigenvalue weighted by Gasteiger charge is 2.52. The molecular weight excluding hydrogens is 494 g/mol. The molecule has 0 spiro atoms. The zero-order valence-electron chi connectivity index (χ0n) is 22.0. The van der Waals surface area contributed by atoms with Crippen LogP contribution in [-0.4, -0.2) is 62.8 Å². The Morgan fingerprint density at radius 3 is 2.69 bits per heavy atom. The Labute approximate surface area is 226 Å². The number of anilines is 1. The van der Waals surface area contributed by atoms with Crippen LogP contribution in [0.3, 0.4) is 0 Å². The molecule has 202 valence electrons. The summed E-state index contributed by atoms with van der Waals surface area (Å²) >= 11 is 0. The third kappa shape index (κ3) is 4.09. The van der Waals surface area contributed by atoms with Crippen LogP contribution < -0.4 is 11.1 Å². The molecule has 3 N–H and O–H groups in total. The second-order valence-corrected chi connectivity index (χ2v) is 11.0. The molecule has 3 fully saturated rings. The number of ether oxygens (including phenoxy) is 2. The van der Waals surface area contributed by atoms with Crippen LogP contribution in [0, 0.1) is 0 Å². The average Bonchev–Trinajstić information content (AvgIpc) is 3.46. The molecule has 1 aromatic carbocycles. The van der Waals surface area contributed by atoms with Crippen molar-refractivity contribution in [2.24, 2.45) is 0 Å². The van der Waals surface area contributed by atoms with E-state index in [0.29, 0.717) is 24.7 Å². The van der Waals surface area contributed by atoms with Gasteiger partial charge in [0.15, 0.2) is 5.82 Å². The van der Waals surface area contributed by atoms with E-state index in [0.717, 1.165) is 72.5 Å². The first-order valence-electron chi connectivity index (χ1n) is 13.8. The number of nitrogens with two attached hydrogens (primary N) is 1. The zero-order chi connectivity index (χ0) is 26.6. The number of rotatable bonds is 7. The maximum Gasteiger partial charge on any atom is 0.231 e. The summed E-state index contributed by atoms with van der Waals surface area (Å²) in [5, 5.41) is 12.5.